The van der Waals surface area contributed by atoms with E-state index < -0.39 is 10.0 Å². The molecule has 1 N–H and O–H groups in total. The van der Waals surface area contributed by atoms with Gasteiger partial charge < -0.3 is 4.74 Å². The summed E-state index contributed by atoms with van der Waals surface area (Å²) in [5.41, 5.74) is 2.16. The predicted molar refractivity (Wildman–Crippen MR) is 95.0 cm³/mol. The predicted octanol–water partition coefficient (Wildman–Crippen LogP) is 3.46. The Morgan fingerprint density at radius 2 is 1.76 bits per heavy atom. The van der Waals surface area contributed by atoms with Crippen LogP contribution in [0.2, 0.25) is 0 Å². The molecule has 0 unspecified atom stereocenters. The molecule has 0 bridgehead atoms. The van der Waals surface area contributed by atoms with Gasteiger partial charge in [-0.3, -0.25) is 0 Å². The van der Waals surface area contributed by atoms with Gasteiger partial charge in [0, 0.05) is 12.0 Å². The van der Waals surface area contributed by atoms with Crippen molar-refractivity contribution >= 4 is 10.0 Å². The summed E-state index contributed by atoms with van der Waals surface area (Å²) in [6.45, 7) is 3.88. The van der Waals surface area contributed by atoms with Crippen LogP contribution in [0.5, 0.6) is 5.75 Å². The summed E-state index contributed by atoms with van der Waals surface area (Å²) in [6, 6.07) is 9.67. The standard InChI is InChI=1S/C19H22FNO3S/c1-13-11-18(14(2)10-17(13)24-3)25(22,23)21-12-19(8-9-19)15-4-6-16(20)7-5-15/h4-7,10-11,21H,8-9,12H2,1-3H3. The Hall–Kier alpha value is -1.92. The summed E-state index contributed by atoms with van der Waals surface area (Å²) in [4.78, 5) is 0.265. The maximum absolute atomic E-state index is 13.1. The van der Waals surface area contributed by atoms with Crippen molar-refractivity contribution in [2.24, 2.45) is 0 Å². The highest BCUT2D eigenvalue weighted by atomic mass is 32.2. The van der Waals surface area contributed by atoms with Gasteiger partial charge in [0.2, 0.25) is 10.0 Å². The van der Waals surface area contributed by atoms with Crippen LogP contribution in [0, 0.1) is 19.7 Å². The van der Waals surface area contributed by atoms with Crippen molar-refractivity contribution in [3.63, 3.8) is 0 Å². The zero-order valence-corrected chi connectivity index (χ0v) is 15.4. The number of benzene rings is 2. The van der Waals surface area contributed by atoms with Gasteiger partial charge in [0.25, 0.3) is 0 Å². The molecule has 0 spiro atoms. The van der Waals surface area contributed by atoms with E-state index in [0.717, 1.165) is 24.0 Å². The lowest BCUT2D eigenvalue weighted by molar-refractivity contribution is 0.411. The maximum atomic E-state index is 13.1. The topological polar surface area (TPSA) is 55.4 Å². The lowest BCUT2D eigenvalue weighted by Gasteiger charge is -2.18. The number of halogens is 1. The molecule has 0 aliphatic heterocycles. The van der Waals surface area contributed by atoms with Gasteiger partial charge in [0.15, 0.2) is 0 Å². The van der Waals surface area contributed by atoms with Crippen molar-refractivity contribution in [3.05, 3.63) is 58.9 Å². The zero-order valence-electron chi connectivity index (χ0n) is 14.6. The number of nitrogens with one attached hydrogen (secondary N) is 1. The van der Waals surface area contributed by atoms with Gasteiger partial charge in [0.1, 0.15) is 11.6 Å². The summed E-state index contributed by atoms with van der Waals surface area (Å²) in [7, 11) is -2.06. The molecular formula is C19H22FNO3S. The third-order valence-corrected chi connectivity index (χ3v) is 6.44. The van der Waals surface area contributed by atoms with Gasteiger partial charge in [-0.15, -0.1) is 0 Å². The summed E-state index contributed by atoms with van der Waals surface area (Å²) in [6.07, 6.45) is 1.78. The Labute approximate surface area is 148 Å². The molecule has 0 saturated heterocycles. The molecule has 0 atom stereocenters. The van der Waals surface area contributed by atoms with Crippen molar-refractivity contribution in [3.8, 4) is 5.75 Å². The van der Waals surface area contributed by atoms with Crippen LogP contribution in [0.4, 0.5) is 4.39 Å². The average Bonchev–Trinajstić information content (AvgIpc) is 3.36. The zero-order chi connectivity index (χ0) is 18.2. The fourth-order valence-electron chi connectivity index (χ4n) is 3.11. The third kappa shape index (κ3) is 3.55. The molecule has 0 heterocycles. The number of sulfonamides is 1. The van der Waals surface area contributed by atoms with E-state index in [9.17, 15) is 12.8 Å². The first kappa shape index (κ1) is 17.9. The lowest BCUT2D eigenvalue weighted by Crippen LogP contribution is -2.32. The highest BCUT2D eigenvalue weighted by Gasteiger charge is 2.44. The Kier molecular flexibility index (Phi) is 4.60. The fraction of sp³-hybridized carbons (Fsp3) is 0.368. The van der Waals surface area contributed by atoms with Crippen LogP contribution < -0.4 is 9.46 Å². The first-order valence-electron chi connectivity index (χ1n) is 8.18. The lowest BCUT2D eigenvalue weighted by atomic mass is 9.96. The molecule has 6 heteroatoms. The van der Waals surface area contributed by atoms with Crippen LogP contribution in [0.15, 0.2) is 41.3 Å². The van der Waals surface area contributed by atoms with E-state index in [4.69, 9.17) is 4.74 Å². The molecule has 0 amide bonds. The summed E-state index contributed by atoms with van der Waals surface area (Å²) < 4.78 is 46.6. The van der Waals surface area contributed by atoms with Crippen LogP contribution in [-0.2, 0) is 15.4 Å². The first-order valence-corrected chi connectivity index (χ1v) is 9.67. The van der Waals surface area contributed by atoms with Crippen molar-refractivity contribution in [2.75, 3.05) is 13.7 Å². The van der Waals surface area contributed by atoms with Gasteiger partial charge in [0.05, 0.1) is 12.0 Å². The van der Waals surface area contributed by atoms with E-state index in [1.54, 1.807) is 38.3 Å². The van der Waals surface area contributed by atoms with E-state index in [2.05, 4.69) is 4.72 Å². The minimum atomic E-state index is -3.63. The van der Waals surface area contributed by atoms with E-state index in [1.165, 1.54) is 12.1 Å². The van der Waals surface area contributed by atoms with E-state index >= 15 is 0 Å². The van der Waals surface area contributed by atoms with Gasteiger partial charge >= 0.3 is 0 Å². The molecule has 3 rings (SSSR count). The molecule has 4 nitrogen and oxygen atoms in total. The molecule has 1 aliphatic carbocycles. The van der Waals surface area contributed by atoms with Gasteiger partial charge in [-0.25, -0.2) is 17.5 Å². The minimum absolute atomic E-state index is 0.226. The monoisotopic (exact) mass is 363 g/mol. The summed E-state index contributed by atoms with van der Waals surface area (Å²) in [5.74, 6) is 0.380. The molecular weight excluding hydrogens is 341 g/mol. The van der Waals surface area contributed by atoms with Crippen molar-refractivity contribution in [1.29, 1.82) is 0 Å². The summed E-state index contributed by atoms with van der Waals surface area (Å²) >= 11 is 0. The van der Waals surface area contributed by atoms with E-state index in [1.807, 2.05) is 6.92 Å². The van der Waals surface area contributed by atoms with Crippen molar-refractivity contribution in [2.45, 2.75) is 37.0 Å². The third-order valence-electron chi connectivity index (χ3n) is 4.89. The van der Waals surface area contributed by atoms with E-state index in [0.29, 0.717) is 17.9 Å². The SMILES string of the molecule is COc1cc(C)c(S(=O)(=O)NCC2(c3ccc(F)cc3)CC2)cc1C. The van der Waals surface area contributed by atoms with E-state index in [-0.39, 0.29) is 16.1 Å². The Morgan fingerprint density at radius 3 is 2.32 bits per heavy atom. The normalized spacial score (nSPS) is 15.8. The van der Waals surface area contributed by atoms with Gasteiger partial charge in [-0.05, 0) is 67.6 Å². The van der Waals surface area contributed by atoms with Crippen LogP contribution >= 0.6 is 0 Å². The van der Waals surface area contributed by atoms with Crippen molar-refractivity contribution < 1.29 is 17.5 Å². The second-order valence-electron chi connectivity index (χ2n) is 6.70. The minimum Gasteiger partial charge on any atom is -0.496 e. The molecule has 1 aliphatic rings. The van der Waals surface area contributed by atoms with Gasteiger partial charge in [-0.2, -0.15) is 0 Å². The van der Waals surface area contributed by atoms with Crippen molar-refractivity contribution in [1.82, 2.24) is 4.72 Å². The number of hydrogen-bond donors (Lipinski definition) is 1. The van der Waals surface area contributed by atoms with Gasteiger partial charge in [-0.1, -0.05) is 12.1 Å². The molecule has 0 radical (unpaired) electrons. The number of aryl methyl sites for hydroxylation is 2. The fourth-order valence-corrected chi connectivity index (χ4v) is 4.54. The second-order valence-corrected chi connectivity index (χ2v) is 8.43. The second kappa shape index (κ2) is 6.42. The highest BCUT2D eigenvalue weighted by Crippen LogP contribution is 2.47. The molecule has 1 saturated carbocycles. The molecule has 2 aromatic carbocycles. The number of methoxy groups -OCH3 is 1. The number of ether oxygens (including phenoxy) is 1. The molecule has 0 aromatic heterocycles. The maximum Gasteiger partial charge on any atom is 0.240 e. The summed E-state index contributed by atoms with van der Waals surface area (Å²) in [5, 5.41) is 0. The first-order chi connectivity index (χ1) is 11.8. The Balaban J connectivity index is 1.81. The quantitative estimate of drug-likeness (QED) is 0.855. The van der Waals surface area contributed by atoms with Crippen LogP contribution in [0.25, 0.3) is 0 Å². The van der Waals surface area contributed by atoms with Crippen LogP contribution in [0.3, 0.4) is 0 Å². The molecule has 2 aromatic rings. The smallest absolute Gasteiger partial charge is 0.240 e. The Morgan fingerprint density at radius 1 is 1.12 bits per heavy atom. The average molecular weight is 363 g/mol. The van der Waals surface area contributed by atoms with Crippen LogP contribution in [-0.4, -0.2) is 22.1 Å². The molecule has 25 heavy (non-hydrogen) atoms. The number of rotatable bonds is 6. The largest absolute Gasteiger partial charge is 0.496 e. The highest BCUT2D eigenvalue weighted by molar-refractivity contribution is 7.89. The Bertz CT molecular complexity index is 888. The van der Waals surface area contributed by atoms with Crippen LogP contribution in [0.1, 0.15) is 29.5 Å². The molecule has 1 fully saturated rings. The number of hydrogen-bond acceptors (Lipinski definition) is 3. The molecule has 134 valence electrons.